The predicted octanol–water partition coefficient (Wildman–Crippen LogP) is 1.97. The number of sulfonamides is 1. The van der Waals surface area contributed by atoms with E-state index < -0.39 is 10.0 Å². The predicted molar refractivity (Wildman–Crippen MR) is 114 cm³/mol. The lowest BCUT2D eigenvalue weighted by atomic mass is 10.0. The van der Waals surface area contributed by atoms with Crippen molar-refractivity contribution >= 4 is 46.4 Å². The summed E-state index contributed by atoms with van der Waals surface area (Å²) in [6, 6.07) is 9.29. The van der Waals surface area contributed by atoms with Crippen LogP contribution in [0.15, 0.2) is 36.5 Å². The molecule has 0 saturated carbocycles. The van der Waals surface area contributed by atoms with Gasteiger partial charge in [-0.3, -0.25) is 0 Å². The molecule has 0 aliphatic rings. The Bertz CT molecular complexity index is 1070. The van der Waals surface area contributed by atoms with Gasteiger partial charge in [-0.1, -0.05) is 36.7 Å². The Kier molecular flexibility index (Phi) is 6.59. The maximum Gasteiger partial charge on any atom is 0.211 e. The van der Waals surface area contributed by atoms with E-state index in [2.05, 4.69) is 20.1 Å². The van der Waals surface area contributed by atoms with Crippen LogP contribution in [0.25, 0.3) is 16.9 Å². The number of nitrogens with zero attached hydrogens (tertiary/aromatic N) is 3. The van der Waals surface area contributed by atoms with Crippen molar-refractivity contribution in [1.29, 1.82) is 0 Å². The molecular formula is C18H21BClN5O2S. The van der Waals surface area contributed by atoms with E-state index >= 15 is 0 Å². The van der Waals surface area contributed by atoms with Gasteiger partial charge in [-0.2, -0.15) is 9.61 Å². The maximum atomic E-state index is 11.7. The highest BCUT2D eigenvalue weighted by Gasteiger charge is 2.12. The van der Waals surface area contributed by atoms with Gasteiger partial charge in [0.05, 0.1) is 11.4 Å². The molecule has 2 N–H and O–H groups in total. The number of rotatable bonds is 9. The Hall–Kier alpha value is -2.10. The van der Waals surface area contributed by atoms with Gasteiger partial charge < -0.3 is 5.32 Å². The molecule has 28 heavy (non-hydrogen) atoms. The molecule has 0 fully saturated rings. The van der Waals surface area contributed by atoms with Crippen LogP contribution in [0, 0.1) is 0 Å². The van der Waals surface area contributed by atoms with Crippen molar-refractivity contribution in [2.75, 3.05) is 24.2 Å². The zero-order chi connectivity index (χ0) is 20.1. The van der Waals surface area contributed by atoms with Crippen molar-refractivity contribution in [3.05, 3.63) is 41.6 Å². The van der Waals surface area contributed by atoms with Gasteiger partial charge in [0.15, 0.2) is 5.65 Å². The first kappa shape index (κ1) is 20.6. The summed E-state index contributed by atoms with van der Waals surface area (Å²) in [5, 5.41) is 8.13. The molecule has 146 valence electrons. The van der Waals surface area contributed by atoms with E-state index in [4.69, 9.17) is 19.4 Å². The van der Waals surface area contributed by atoms with Crippen LogP contribution < -0.4 is 15.5 Å². The fraction of sp³-hybridized carbons (Fsp3) is 0.333. The van der Waals surface area contributed by atoms with Crippen molar-refractivity contribution in [3.8, 4) is 11.3 Å². The molecule has 0 unspecified atom stereocenters. The number of aromatic nitrogens is 3. The molecule has 0 amide bonds. The molecule has 1 aromatic carbocycles. The van der Waals surface area contributed by atoms with Gasteiger partial charge >= 0.3 is 0 Å². The summed E-state index contributed by atoms with van der Waals surface area (Å²) in [6.07, 6.45) is 2.75. The van der Waals surface area contributed by atoms with Crippen molar-refractivity contribution in [1.82, 2.24) is 19.3 Å². The molecule has 0 saturated heterocycles. The Morgan fingerprint density at radius 3 is 2.79 bits per heavy atom. The van der Waals surface area contributed by atoms with Crippen LogP contribution in [0.2, 0.25) is 5.02 Å². The van der Waals surface area contributed by atoms with Crippen LogP contribution >= 0.6 is 11.6 Å². The van der Waals surface area contributed by atoms with Crippen LogP contribution in [0.4, 0.5) is 5.82 Å². The molecule has 7 nitrogen and oxygen atoms in total. The number of hydrogen-bond acceptors (Lipinski definition) is 5. The van der Waals surface area contributed by atoms with Gasteiger partial charge in [-0.25, -0.2) is 18.1 Å². The number of nitrogens with one attached hydrogen (secondary N) is 2. The van der Waals surface area contributed by atoms with Gasteiger partial charge in [0, 0.05) is 35.9 Å². The zero-order valence-electron chi connectivity index (χ0n) is 15.5. The second-order valence-electron chi connectivity index (χ2n) is 6.34. The molecule has 2 aromatic heterocycles. The molecule has 2 heterocycles. The molecule has 3 aromatic rings. The fourth-order valence-corrected chi connectivity index (χ4v) is 4.16. The summed E-state index contributed by atoms with van der Waals surface area (Å²) in [5.74, 6) is 0.840. The van der Waals surface area contributed by atoms with Gasteiger partial charge in [-0.15, -0.1) is 0 Å². The normalized spacial score (nSPS) is 11.8. The van der Waals surface area contributed by atoms with Crippen molar-refractivity contribution in [2.45, 2.75) is 19.8 Å². The Morgan fingerprint density at radius 2 is 2.04 bits per heavy atom. The van der Waals surface area contributed by atoms with Crippen molar-refractivity contribution < 1.29 is 8.42 Å². The van der Waals surface area contributed by atoms with Gasteiger partial charge in [0.2, 0.25) is 10.0 Å². The van der Waals surface area contributed by atoms with E-state index in [-0.39, 0.29) is 5.75 Å². The molecule has 0 aliphatic heterocycles. The quantitative estimate of drug-likeness (QED) is 0.410. The highest BCUT2D eigenvalue weighted by atomic mass is 35.5. The molecule has 0 bridgehead atoms. The third-order valence-electron chi connectivity index (χ3n) is 4.10. The van der Waals surface area contributed by atoms with Crippen molar-refractivity contribution in [3.63, 3.8) is 0 Å². The second kappa shape index (κ2) is 8.94. The van der Waals surface area contributed by atoms with Crippen LogP contribution in [0.1, 0.15) is 19.8 Å². The third kappa shape index (κ3) is 4.84. The van der Waals surface area contributed by atoms with Gasteiger partial charge in [-0.05, 0) is 24.4 Å². The van der Waals surface area contributed by atoms with E-state index in [0.717, 1.165) is 5.56 Å². The number of benzene rings is 1. The smallest absolute Gasteiger partial charge is 0.211 e. The summed E-state index contributed by atoms with van der Waals surface area (Å²) >= 11 is 6.31. The molecule has 0 atom stereocenters. The first-order valence-corrected chi connectivity index (χ1v) is 11.0. The maximum absolute atomic E-state index is 11.7. The van der Waals surface area contributed by atoms with E-state index in [1.165, 1.54) is 0 Å². The Balaban J connectivity index is 1.76. The summed E-state index contributed by atoms with van der Waals surface area (Å²) < 4.78 is 27.6. The third-order valence-corrected chi connectivity index (χ3v) is 6.02. The topological polar surface area (TPSA) is 88.4 Å². The number of hydrogen-bond donors (Lipinski definition) is 2. The molecule has 0 aliphatic carbocycles. The molecule has 10 heteroatoms. The van der Waals surface area contributed by atoms with E-state index in [0.29, 0.717) is 53.6 Å². The van der Waals surface area contributed by atoms with Gasteiger partial charge in [0.1, 0.15) is 13.7 Å². The van der Waals surface area contributed by atoms with Crippen LogP contribution in [-0.4, -0.2) is 49.7 Å². The summed E-state index contributed by atoms with van der Waals surface area (Å²) in [6.45, 7) is 2.75. The second-order valence-corrected chi connectivity index (χ2v) is 8.67. The number of fused-ring (bicyclic) bond motifs is 1. The van der Waals surface area contributed by atoms with Gasteiger partial charge in [0.25, 0.3) is 0 Å². The largest absolute Gasteiger partial charge is 0.370 e. The minimum Gasteiger partial charge on any atom is -0.370 e. The zero-order valence-corrected chi connectivity index (χ0v) is 17.1. The summed E-state index contributed by atoms with van der Waals surface area (Å²) in [4.78, 5) is 4.58. The summed E-state index contributed by atoms with van der Waals surface area (Å²) in [7, 11) is 2.81. The average molecular weight is 418 g/mol. The Morgan fingerprint density at radius 1 is 1.25 bits per heavy atom. The van der Waals surface area contributed by atoms with Crippen LogP contribution in [0.3, 0.4) is 0 Å². The summed E-state index contributed by atoms with van der Waals surface area (Å²) in [5.41, 5.74) is 2.46. The minimum atomic E-state index is -3.19. The fourth-order valence-electron chi connectivity index (χ4n) is 2.79. The first-order valence-electron chi connectivity index (χ1n) is 9.01. The van der Waals surface area contributed by atoms with E-state index in [9.17, 15) is 8.42 Å². The molecule has 0 spiro atoms. The Labute approximate surface area is 171 Å². The van der Waals surface area contributed by atoms with E-state index in [1.807, 2.05) is 31.2 Å². The lowest BCUT2D eigenvalue weighted by Crippen LogP contribution is -2.28. The van der Waals surface area contributed by atoms with Crippen molar-refractivity contribution in [2.24, 2.45) is 0 Å². The monoisotopic (exact) mass is 417 g/mol. The van der Waals surface area contributed by atoms with Crippen LogP contribution in [0.5, 0.6) is 0 Å². The highest BCUT2D eigenvalue weighted by molar-refractivity contribution is 7.89. The molecule has 3 rings (SSSR count). The average Bonchev–Trinajstić information content (AvgIpc) is 3.03. The number of anilines is 1. The first-order chi connectivity index (χ1) is 13.4. The van der Waals surface area contributed by atoms with E-state index in [1.54, 1.807) is 16.8 Å². The molecule has 2 radical (unpaired) electrons. The number of halogens is 1. The molecular weight excluding hydrogens is 397 g/mol. The lowest BCUT2D eigenvalue weighted by Gasteiger charge is -2.12. The lowest BCUT2D eigenvalue weighted by molar-refractivity contribution is 0.578. The standard InChI is InChI=1S/C18H21BClN5O2S/c1-2-10-28(26,27)23-9-5-8-21-17-11-16(13-6-3-4-7-15(13)20)24-18-14(19)12-22-25(17)18/h3-4,6-7,11-12,21,23H,2,5,8-10H2,1H3. The SMILES string of the molecule is [B]c1cnn2c(NCCCNS(=O)(=O)CCC)cc(-c3ccccc3Cl)nc12. The minimum absolute atomic E-state index is 0.138. The highest BCUT2D eigenvalue weighted by Crippen LogP contribution is 2.28. The van der Waals surface area contributed by atoms with Crippen LogP contribution in [-0.2, 0) is 10.0 Å².